The molecule has 5 heteroatoms. The number of thiophene rings is 1. The van der Waals surface area contributed by atoms with Crippen LogP contribution in [0.25, 0.3) is 10.9 Å². The molecule has 0 spiro atoms. The number of fused-ring (bicyclic) bond motifs is 1. The minimum absolute atomic E-state index is 0.119. The predicted octanol–water partition coefficient (Wildman–Crippen LogP) is 3.52. The van der Waals surface area contributed by atoms with Crippen LogP contribution in [0.2, 0.25) is 5.02 Å². The van der Waals surface area contributed by atoms with Gasteiger partial charge in [-0.3, -0.25) is 9.48 Å². The van der Waals surface area contributed by atoms with Crippen molar-refractivity contribution in [3.63, 3.8) is 0 Å². The van der Waals surface area contributed by atoms with Gasteiger partial charge in [0.2, 0.25) is 5.78 Å². The van der Waals surface area contributed by atoms with Gasteiger partial charge >= 0.3 is 0 Å². The lowest BCUT2D eigenvalue weighted by atomic mass is 10.1. The summed E-state index contributed by atoms with van der Waals surface area (Å²) in [6.07, 6.45) is 0. The Morgan fingerprint density at radius 2 is 2.11 bits per heavy atom. The molecule has 0 saturated heterocycles. The van der Waals surface area contributed by atoms with Crippen LogP contribution in [-0.2, 0) is 7.05 Å². The Kier molecular flexibility index (Phi) is 2.69. The zero-order valence-corrected chi connectivity index (χ0v) is 11.1. The summed E-state index contributed by atoms with van der Waals surface area (Å²) in [5, 5.41) is 7.45. The average Bonchev–Trinajstić information content (AvgIpc) is 2.94. The lowest BCUT2D eigenvalue weighted by molar-refractivity contribution is 0.103. The zero-order chi connectivity index (χ0) is 12.7. The van der Waals surface area contributed by atoms with Gasteiger partial charge in [0.05, 0.1) is 15.4 Å². The van der Waals surface area contributed by atoms with E-state index in [1.165, 1.54) is 11.3 Å². The minimum atomic E-state index is -0.119. The van der Waals surface area contributed by atoms with Gasteiger partial charge in [0.15, 0.2) is 0 Å². The topological polar surface area (TPSA) is 34.9 Å². The SMILES string of the molecule is Cn1nc(C(=O)c2sccc2Cl)c2ccccc21. The molecule has 3 aromatic rings. The van der Waals surface area contributed by atoms with Crippen LogP contribution in [0.5, 0.6) is 0 Å². The minimum Gasteiger partial charge on any atom is -0.286 e. The normalized spacial score (nSPS) is 11.0. The molecule has 0 atom stereocenters. The van der Waals surface area contributed by atoms with Crippen LogP contribution in [0.15, 0.2) is 35.7 Å². The fourth-order valence-electron chi connectivity index (χ4n) is 1.94. The quantitative estimate of drug-likeness (QED) is 0.671. The van der Waals surface area contributed by atoms with Crippen LogP contribution in [0.3, 0.4) is 0 Å². The lowest BCUT2D eigenvalue weighted by Crippen LogP contribution is -2.02. The number of aryl methyl sites for hydroxylation is 1. The number of rotatable bonds is 2. The van der Waals surface area contributed by atoms with Gasteiger partial charge in [0.25, 0.3) is 0 Å². The Hall–Kier alpha value is -1.65. The first-order valence-corrected chi connectivity index (χ1v) is 6.63. The fourth-order valence-corrected chi connectivity index (χ4v) is 3.03. The van der Waals surface area contributed by atoms with E-state index in [-0.39, 0.29) is 5.78 Å². The summed E-state index contributed by atoms with van der Waals surface area (Å²) in [6.45, 7) is 0. The molecule has 0 unspecified atom stereocenters. The molecule has 0 N–H and O–H groups in total. The number of para-hydroxylation sites is 1. The van der Waals surface area contributed by atoms with Gasteiger partial charge in [-0.1, -0.05) is 29.8 Å². The first-order chi connectivity index (χ1) is 8.68. The molecule has 0 fully saturated rings. The number of ketones is 1. The number of halogens is 1. The van der Waals surface area contributed by atoms with E-state index in [4.69, 9.17) is 11.6 Å². The van der Waals surface area contributed by atoms with Gasteiger partial charge in [0, 0.05) is 12.4 Å². The molecule has 18 heavy (non-hydrogen) atoms. The second kappa shape index (κ2) is 4.23. The van der Waals surface area contributed by atoms with E-state index in [1.807, 2.05) is 31.3 Å². The average molecular weight is 277 g/mol. The van der Waals surface area contributed by atoms with Crippen LogP contribution in [0, 0.1) is 0 Å². The number of aromatic nitrogens is 2. The molecule has 0 bridgehead atoms. The molecule has 90 valence electrons. The summed E-state index contributed by atoms with van der Waals surface area (Å²) in [5.41, 5.74) is 1.39. The molecule has 0 aliphatic rings. The van der Waals surface area contributed by atoms with Crippen molar-refractivity contribution in [3.8, 4) is 0 Å². The highest BCUT2D eigenvalue weighted by Gasteiger charge is 2.20. The number of hydrogen-bond acceptors (Lipinski definition) is 3. The highest BCUT2D eigenvalue weighted by atomic mass is 35.5. The molecule has 2 aromatic heterocycles. The highest BCUT2D eigenvalue weighted by Crippen LogP contribution is 2.27. The number of carbonyl (C=O) groups is 1. The smallest absolute Gasteiger partial charge is 0.225 e. The van der Waals surface area contributed by atoms with Gasteiger partial charge in [0.1, 0.15) is 5.69 Å². The van der Waals surface area contributed by atoms with Gasteiger partial charge in [-0.25, -0.2) is 0 Å². The Balaban J connectivity index is 2.21. The maximum Gasteiger partial charge on any atom is 0.225 e. The van der Waals surface area contributed by atoms with Crippen molar-refractivity contribution in [2.75, 3.05) is 0 Å². The van der Waals surface area contributed by atoms with Crippen molar-refractivity contribution in [1.82, 2.24) is 9.78 Å². The molecule has 0 aliphatic carbocycles. The predicted molar refractivity (Wildman–Crippen MR) is 73.5 cm³/mol. The molecule has 3 rings (SSSR count). The standard InChI is InChI=1S/C13H9ClN2OS/c1-16-10-5-3-2-4-8(10)11(15-16)12(17)13-9(14)6-7-18-13/h2-7H,1H3. The van der Waals surface area contributed by atoms with Crippen molar-refractivity contribution in [1.29, 1.82) is 0 Å². The van der Waals surface area contributed by atoms with Gasteiger partial charge < -0.3 is 0 Å². The molecule has 0 radical (unpaired) electrons. The monoisotopic (exact) mass is 276 g/mol. The van der Waals surface area contributed by atoms with E-state index in [1.54, 1.807) is 16.1 Å². The summed E-state index contributed by atoms with van der Waals surface area (Å²) in [4.78, 5) is 12.9. The van der Waals surface area contributed by atoms with Crippen molar-refractivity contribution in [2.24, 2.45) is 7.05 Å². The first kappa shape index (κ1) is 11.4. The van der Waals surface area contributed by atoms with E-state index < -0.39 is 0 Å². The molecular weight excluding hydrogens is 268 g/mol. The summed E-state index contributed by atoms with van der Waals surface area (Å²) in [6, 6.07) is 9.39. The maximum absolute atomic E-state index is 12.4. The number of hydrogen-bond donors (Lipinski definition) is 0. The van der Waals surface area contributed by atoms with Crippen molar-refractivity contribution in [3.05, 3.63) is 51.3 Å². The van der Waals surface area contributed by atoms with Crippen molar-refractivity contribution < 1.29 is 4.79 Å². The largest absolute Gasteiger partial charge is 0.286 e. The lowest BCUT2D eigenvalue weighted by Gasteiger charge is -1.95. The second-order valence-electron chi connectivity index (χ2n) is 3.92. The van der Waals surface area contributed by atoms with Gasteiger partial charge in [-0.15, -0.1) is 11.3 Å². The summed E-state index contributed by atoms with van der Waals surface area (Å²) < 4.78 is 1.71. The first-order valence-electron chi connectivity index (χ1n) is 5.38. The molecule has 0 amide bonds. The Morgan fingerprint density at radius 1 is 1.33 bits per heavy atom. The molecule has 3 nitrogen and oxygen atoms in total. The second-order valence-corrected chi connectivity index (χ2v) is 5.24. The van der Waals surface area contributed by atoms with E-state index in [2.05, 4.69) is 5.10 Å². The van der Waals surface area contributed by atoms with Crippen molar-refractivity contribution in [2.45, 2.75) is 0 Å². The van der Waals surface area contributed by atoms with Crippen molar-refractivity contribution >= 4 is 39.6 Å². The number of benzene rings is 1. The summed E-state index contributed by atoms with van der Waals surface area (Å²) in [7, 11) is 1.83. The van der Waals surface area contributed by atoms with E-state index in [0.717, 1.165) is 10.9 Å². The third-order valence-corrected chi connectivity index (χ3v) is 4.14. The third-order valence-electron chi connectivity index (χ3n) is 2.80. The van der Waals surface area contributed by atoms with Gasteiger partial charge in [-0.05, 0) is 17.5 Å². The molecular formula is C13H9ClN2OS. The van der Waals surface area contributed by atoms with E-state index >= 15 is 0 Å². The number of carbonyl (C=O) groups excluding carboxylic acids is 1. The van der Waals surface area contributed by atoms with E-state index in [0.29, 0.717) is 15.6 Å². The van der Waals surface area contributed by atoms with Gasteiger partial charge in [-0.2, -0.15) is 5.10 Å². The van der Waals surface area contributed by atoms with Crippen LogP contribution in [-0.4, -0.2) is 15.6 Å². The number of nitrogens with zero attached hydrogens (tertiary/aromatic N) is 2. The summed E-state index contributed by atoms with van der Waals surface area (Å²) >= 11 is 7.34. The highest BCUT2D eigenvalue weighted by molar-refractivity contribution is 7.13. The fraction of sp³-hybridized carbons (Fsp3) is 0.0769. The van der Waals surface area contributed by atoms with Crippen LogP contribution in [0.4, 0.5) is 0 Å². The van der Waals surface area contributed by atoms with Crippen LogP contribution in [0.1, 0.15) is 15.4 Å². The molecule has 2 heterocycles. The van der Waals surface area contributed by atoms with Crippen LogP contribution >= 0.6 is 22.9 Å². The Bertz CT molecular complexity index is 744. The maximum atomic E-state index is 12.4. The Labute approximate surface area is 113 Å². The third kappa shape index (κ3) is 1.65. The molecule has 1 aromatic carbocycles. The van der Waals surface area contributed by atoms with Crippen LogP contribution < -0.4 is 0 Å². The zero-order valence-electron chi connectivity index (χ0n) is 9.55. The van der Waals surface area contributed by atoms with E-state index in [9.17, 15) is 4.79 Å². The summed E-state index contributed by atoms with van der Waals surface area (Å²) in [5.74, 6) is -0.119. The molecule has 0 aliphatic heterocycles. The Morgan fingerprint density at radius 3 is 2.83 bits per heavy atom. The molecule has 0 saturated carbocycles.